The average molecular weight is 508 g/mol. The molecule has 180 valence electrons. The van der Waals surface area contributed by atoms with E-state index in [9.17, 15) is 18.4 Å². The van der Waals surface area contributed by atoms with E-state index in [-0.39, 0.29) is 27.8 Å². The normalized spacial score (nSPS) is 13.4. The summed E-state index contributed by atoms with van der Waals surface area (Å²) in [6.45, 7) is 0. The fourth-order valence-electron chi connectivity index (χ4n) is 3.86. The Morgan fingerprint density at radius 2 is 1.78 bits per heavy atom. The second-order valence-corrected chi connectivity index (χ2v) is 8.29. The quantitative estimate of drug-likeness (QED) is 0.234. The van der Waals surface area contributed by atoms with Crippen molar-refractivity contribution in [1.82, 2.24) is 21.4 Å². The van der Waals surface area contributed by atoms with Crippen LogP contribution in [0, 0.1) is 28.8 Å². The summed E-state index contributed by atoms with van der Waals surface area (Å²) in [5.74, 6) is -1.91. The minimum absolute atomic E-state index is 0.0171. The number of benzene rings is 3. The Balaban J connectivity index is 1.60. The molecule has 0 spiro atoms. The fourth-order valence-corrected chi connectivity index (χ4v) is 4.13. The van der Waals surface area contributed by atoms with Crippen molar-refractivity contribution < 1.29 is 13.2 Å². The molecule has 1 aliphatic rings. The maximum atomic E-state index is 14.4. The summed E-state index contributed by atoms with van der Waals surface area (Å²) in [5.41, 5.74) is 11.4. The fraction of sp³-hybridized carbons (Fsp3) is 0.0400. The molecule has 0 bridgehead atoms. The first-order chi connectivity index (χ1) is 17.4. The molecule has 36 heavy (non-hydrogen) atoms. The van der Waals surface area contributed by atoms with Crippen LogP contribution in [0.1, 0.15) is 17.2 Å². The average Bonchev–Trinajstić information content (AvgIpc) is 3.40. The minimum atomic E-state index is -0.820. The Labute approximate surface area is 208 Å². The van der Waals surface area contributed by atoms with Crippen molar-refractivity contribution in [2.24, 2.45) is 0 Å². The molecule has 1 aliphatic heterocycles. The van der Waals surface area contributed by atoms with Gasteiger partial charge in [-0.1, -0.05) is 23.7 Å². The number of hydrazine groups is 2. The van der Waals surface area contributed by atoms with Crippen LogP contribution in [0.5, 0.6) is 0 Å². The van der Waals surface area contributed by atoms with Gasteiger partial charge in [-0.25, -0.2) is 13.2 Å². The molecule has 0 radical (unpaired) electrons. The van der Waals surface area contributed by atoms with Crippen LogP contribution in [0.3, 0.4) is 0 Å². The number of nitrogens with zero attached hydrogens (tertiary/aromatic N) is 2. The van der Waals surface area contributed by atoms with Gasteiger partial charge in [0.1, 0.15) is 23.5 Å². The number of anilines is 3. The van der Waals surface area contributed by atoms with Crippen molar-refractivity contribution >= 4 is 39.6 Å². The molecule has 0 amide bonds. The molecular weight excluding hydrogens is 491 g/mol. The van der Waals surface area contributed by atoms with E-state index in [0.29, 0.717) is 22.3 Å². The zero-order valence-electron chi connectivity index (χ0n) is 18.3. The van der Waals surface area contributed by atoms with Crippen LogP contribution < -0.4 is 27.0 Å². The topological polar surface area (TPSA) is 96.8 Å². The van der Waals surface area contributed by atoms with Crippen LogP contribution in [0.4, 0.5) is 30.2 Å². The number of aromatic nitrogens is 1. The molecule has 5 N–H and O–H groups in total. The Bertz CT molecular complexity index is 1530. The standard InChI is InChI=1S/C25H17ClF3N7/c26-19-9-17(33-24(22-12-32-36-35-22)13-1-3-15(27)4-2-13)8-18-23(14(10-30)11-31-25(18)19)34-21-6-5-16(28)7-20(21)29/h1-9,11-12,24,32-33,35-36H,(H,31,34)/t24-/m0/s1. The highest BCUT2D eigenvalue weighted by Crippen LogP contribution is 2.37. The van der Waals surface area contributed by atoms with Gasteiger partial charge in [0.05, 0.1) is 39.2 Å². The lowest BCUT2D eigenvalue weighted by atomic mass is 10.0. The Kier molecular flexibility index (Phi) is 6.25. The van der Waals surface area contributed by atoms with E-state index in [0.717, 1.165) is 17.7 Å². The minimum Gasteiger partial charge on any atom is -0.373 e. The first kappa shape index (κ1) is 23.3. The third kappa shape index (κ3) is 4.57. The highest BCUT2D eigenvalue weighted by Gasteiger charge is 2.21. The molecule has 1 aromatic heterocycles. The largest absolute Gasteiger partial charge is 0.373 e. The van der Waals surface area contributed by atoms with E-state index in [2.05, 4.69) is 32.0 Å². The maximum absolute atomic E-state index is 14.4. The zero-order chi connectivity index (χ0) is 25.2. The third-order valence-corrected chi connectivity index (χ3v) is 5.86. The van der Waals surface area contributed by atoms with Gasteiger partial charge in [-0.3, -0.25) is 4.98 Å². The molecule has 4 aromatic rings. The van der Waals surface area contributed by atoms with Crippen molar-refractivity contribution in [3.05, 3.63) is 106 Å². The summed E-state index contributed by atoms with van der Waals surface area (Å²) in [7, 11) is 0. The summed E-state index contributed by atoms with van der Waals surface area (Å²) in [6, 6.07) is 14.1. The third-order valence-electron chi connectivity index (χ3n) is 5.57. The van der Waals surface area contributed by atoms with E-state index < -0.39 is 17.7 Å². The number of nitriles is 1. The van der Waals surface area contributed by atoms with Gasteiger partial charge in [0.15, 0.2) is 0 Å². The monoisotopic (exact) mass is 507 g/mol. The number of rotatable bonds is 6. The van der Waals surface area contributed by atoms with Crippen LogP contribution >= 0.6 is 11.6 Å². The number of hydrogen-bond acceptors (Lipinski definition) is 7. The Hall–Kier alpha value is -4.46. The Morgan fingerprint density at radius 1 is 1.00 bits per heavy atom. The van der Waals surface area contributed by atoms with E-state index >= 15 is 0 Å². The first-order valence-electron chi connectivity index (χ1n) is 10.7. The van der Waals surface area contributed by atoms with Gasteiger partial charge in [0, 0.05) is 29.5 Å². The maximum Gasteiger partial charge on any atom is 0.149 e. The molecule has 1 atom stereocenters. The van der Waals surface area contributed by atoms with Crippen molar-refractivity contribution in [3.8, 4) is 6.07 Å². The number of fused-ring (bicyclic) bond motifs is 1. The second kappa shape index (κ2) is 9.65. The molecule has 7 nitrogen and oxygen atoms in total. The summed E-state index contributed by atoms with van der Waals surface area (Å²) >= 11 is 6.55. The van der Waals surface area contributed by atoms with Gasteiger partial charge in [-0.2, -0.15) is 10.8 Å². The molecular formula is C25H17ClF3N7. The van der Waals surface area contributed by atoms with Crippen molar-refractivity contribution in [2.75, 3.05) is 10.6 Å². The molecule has 0 fully saturated rings. The van der Waals surface area contributed by atoms with Crippen molar-refractivity contribution in [2.45, 2.75) is 6.04 Å². The van der Waals surface area contributed by atoms with Crippen LogP contribution in [0.15, 0.2) is 72.7 Å². The highest BCUT2D eigenvalue weighted by atomic mass is 35.5. The molecule has 0 unspecified atom stereocenters. The van der Waals surface area contributed by atoms with Crippen LogP contribution in [-0.2, 0) is 0 Å². The lowest BCUT2D eigenvalue weighted by Gasteiger charge is -2.22. The SMILES string of the molecule is N#Cc1cnc2c(Cl)cc(N[C@H](C3=CNNN3)c3ccc(F)cc3)cc2c1Nc1ccc(F)cc1F. The summed E-state index contributed by atoms with van der Waals surface area (Å²) in [6.07, 6.45) is 3.04. The summed E-state index contributed by atoms with van der Waals surface area (Å²) in [5, 5.41) is 16.6. The second-order valence-electron chi connectivity index (χ2n) is 7.89. The lowest BCUT2D eigenvalue weighted by Crippen LogP contribution is -2.33. The van der Waals surface area contributed by atoms with Gasteiger partial charge in [0.2, 0.25) is 0 Å². The van der Waals surface area contributed by atoms with Gasteiger partial charge < -0.3 is 21.5 Å². The molecule has 0 aliphatic carbocycles. The number of pyridine rings is 1. The van der Waals surface area contributed by atoms with Gasteiger partial charge >= 0.3 is 0 Å². The van der Waals surface area contributed by atoms with Gasteiger partial charge in [-0.15, -0.1) is 0 Å². The predicted octanol–water partition coefficient (Wildman–Crippen LogP) is 5.53. The zero-order valence-corrected chi connectivity index (χ0v) is 19.1. The smallest absolute Gasteiger partial charge is 0.149 e. The van der Waals surface area contributed by atoms with Crippen molar-refractivity contribution in [3.63, 3.8) is 0 Å². The van der Waals surface area contributed by atoms with Crippen LogP contribution in [-0.4, -0.2) is 4.98 Å². The number of nitrogens with one attached hydrogen (secondary N) is 5. The highest BCUT2D eigenvalue weighted by molar-refractivity contribution is 6.36. The molecule has 0 saturated carbocycles. The van der Waals surface area contributed by atoms with E-state index in [1.54, 1.807) is 30.5 Å². The van der Waals surface area contributed by atoms with Gasteiger partial charge in [0.25, 0.3) is 0 Å². The van der Waals surface area contributed by atoms with Crippen molar-refractivity contribution in [1.29, 1.82) is 5.26 Å². The number of hydrogen-bond donors (Lipinski definition) is 5. The van der Waals surface area contributed by atoms with Gasteiger partial charge in [-0.05, 0) is 42.0 Å². The summed E-state index contributed by atoms with van der Waals surface area (Å²) < 4.78 is 41.4. The van der Waals surface area contributed by atoms with E-state index in [4.69, 9.17) is 11.6 Å². The summed E-state index contributed by atoms with van der Waals surface area (Å²) in [4.78, 5) is 4.29. The molecule has 2 heterocycles. The van der Waals surface area contributed by atoms with E-state index in [1.807, 2.05) is 6.07 Å². The van der Waals surface area contributed by atoms with Crippen LogP contribution in [0.2, 0.25) is 5.02 Å². The molecule has 3 aromatic carbocycles. The van der Waals surface area contributed by atoms with Crippen LogP contribution in [0.25, 0.3) is 10.9 Å². The molecule has 5 rings (SSSR count). The Morgan fingerprint density at radius 3 is 2.47 bits per heavy atom. The first-order valence-corrected chi connectivity index (χ1v) is 11.0. The predicted molar refractivity (Wildman–Crippen MR) is 131 cm³/mol. The van der Waals surface area contributed by atoms with E-state index in [1.165, 1.54) is 24.4 Å². The lowest BCUT2D eigenvalue weighted by molar-refractivity contribution is 0.582. The molecule has 0 saturated heterocycles. The molecule has 11 heteroatoms. The number of halogens is 4.